The van der Waals surface area contributed by atoms with Gasteiger partial charge in [-0.05, 0) is 6.08 Å². The Hall–Kier alpha value is -1.64. The van der Waals surface area contributed by atoms with Gasteiger partial charge in [0.2, 0.25) is 0 Å². The van der Waals surface area contributed by atoms with Crippen molar-refractivity contribution in [2.45, 2.75) is 6.42 Å². The molecular weight excluding hydrogens is 156 g/mol. The summed E-state index contributed by atoms with van der Waals surface area (Å²) >= 11 is 0. The highest BCUT2D eigenvalue weighted by Crippen LogP contribution is 2.18. The van der Waals surface area contributed by atoms with Gasteiger partial charge in [-0.2, -0.15) is 0 Å². The summed E-state index contributed by atoms with van der Waals surface area (Å²) in [6.07, 6.45) is 2.48. The lowest BCUT2D eigenvalue weighted by atomic mass is 10.1. The molecule has 1 aliphatic heterocycles. The van der Waals surface area contributed by atoms with Crippen molar-refractivity contribution >= 4 is 11.8 Å². The Kier molecular flexibility index (Phi) is 2.24. The molecule has 0 amide bonds. The third-order valence-corrected chi connectivity index (χ3v) is 1.48. The second-order valence-electron chi connectivity index (χ2n) is 2.26. The topological polar surface area (TPSA) is 43.4 Å². The van der Waals surface area contributed by atoms with Gasteiger partial charge in [0.25, 0.3) is 0 Å². The van der Waals surface area contributed by atoms with Crippen molar-refractivity contribution in [3.05, 3.63) is 36.6 Å². The first-order valence-corrected chi connectivity index (χ1v) is 3.42. The Bertz CT molecular complexity index is 297. The Balaban J connectivity index is 3.13. The number of ether oxygens (including phenoxy) is 1. The fraction of sp³-hybridized carbons (Fsp3) is 0.111. The van der Waals surface area contributed by atoms with Crippen molar-refractivity contribution in [3.63, 3.8) is 0 Å². The fourth-order valence-corrected chi connectivity index (χ4v) is 0.943. The highest BCUT2D eigenvalue weighted by atomic mass is 16.5. The number of Topliss-reactive ketones (excluding diaryl/α,β-unsaturated/α-hetero) is 1. The molecule has 3 heteroatoms. The van der Waals surface area contributed by atoms with Crippen LogP contribution in [0.3, 0.4) is 0 Å². The molecule has 0 unspecified atom stereocenters. The van der Waals surface area contributed by atoms with Gasteiger partial charge in [-0.25, -0.2) is 0 Å². The first-order valence-electron chi connectivity index (χ1n) is 3.42. The monoisotopic (exact) mass is 164 g/mol. The lowest BCUT2D eigenvalue weighted by Gasteiger charge is -2.13. The van der Waals surface area contributed by atoms with E-state index in [2.05, 4.69) is 13.2 Å². The molecule has 0 aliphatic carbocycles. The molecule has 0 saturated heterocycles. The van der Waals surface area contributed by atoms with E-state index in [-0.39, 0.29) is 18.0 Å². The van der Waals surface area contributed by atoms with Crippen LogP contribution in [0.2, 0.25) is 0 Å². The van der Waals surface area contributed by atoms with Crippen LogP contribution >= 0.6 is 0 Å². The van der Waals surface area contributed by atoms with E-state index in [9.17, 15) is 9.59 Å². The average Bonchev–Trinajstić information content (AvgIpc) is 2.03. The molecule has 1 aliphatic rings. The molecule has 0 spiro atoms. The predicted octanol–water partition coefficient (Wildman–Crippen LogP) is 1.13. The molecule has 0 N–H and O–H groups in total. The summed E-state index contributed by atoms with van der Waals surface area (Å²) in [5.41, 5.74) is 0.324. The van der Waals surface area contributed by atoms with Crippen LogP contribution < -0.4 is 0 Å². The number of allylic oxidation sites excluding steroid dienone is 3. The van der Waals surface area contributed by atoms with Crippen LogP contribution in [-0.2, 0) is 14.3 Å². The van der Waals surface area contributed by atoms with E-state index in [4.69, 9.17) is 4.74 Å². The van der Waals surface area contributed by atoms with Gasteiger partial charge in [-0.3, -0.25) is 9.59 Å². The predicted molar refractivity (Wildman–Crippen MR) is 43.1 cm³/mol. The molecule has 0 aromatic carbocycles. The molecule has 0 saturated carbocycles. The fourth-order valence-electron chi connectivity index (χ4n) is 0.943. The number of hydrogen-bond acceptors (Lipinski definition) is 3. The Labute approximate surface area is 70.0 Å². The van der Waals surface area contributed by atoms with Crippen molar-refractivity contribution in [1.82, 2.24) is 0 Å². The zero-order chi connectivity index (χ0) is 9.14. The average molecular weight is 164 g/mol. The number of hydrogen-bond donors (Lipinski definition) is 0. The van der Waals surface area contributed by atoms with Crippen LogP contribution in [0, 0.1) is 0 Å². The number of carbonyl (C=O) groups is 2. The van der Waals surface area contributed by atoms with Gasteiger partial charge in [-0.15, -0.1) is 0 Å². The maximum absolute atomic E-state index is 11.1. The molecule has 1 rings (SSSR count). The summed E-state index contributed by atoms with van der Waals surface area (Å²) in [4.78, 5) is 21.9. The minimum Gasteiger partial charge on any atom is -0.425 e. The molecule has 0 fully saturated rings. The molecular formula is C9H8O3. The van der Waals surface area contributed by atoms with Crippen LogP contribution in [0.4, 0.5) is 0 Å². The zero-order valence-corrected chi connectivity index (χ0v) is 6.50. The lowest BCUT2D eigenvalue weighted by molar-refractivity contribution is -0.143. The van der Waals surface area contributed by atoms with E-state index in [1.807, 2.05) is 0 Å². The number of carbonyl (C=O) groups excluding carboxylic acids is 2. The van der Waals surface area contributed by atoms with E-state index in [0.717, 1.165) is 0 Å². The molecule has 0 radical (unpaired) electrons. The summed E-state index contributed by atoms with van der Waals surface area (Å²) in [6, 6.07) is 0. The molecule has 3 nitrogen and oxygen atoms in total. The van der Waals surface area contributed by atoms with Gasteiger partial charge in [-0.1, -0.05) is 19.2 Å². The van der Waals surface area contributed by atoms with E-state index in [0.29, 0.717) is 5.57 Å². The van der Waals surface area contributed by atoms with Crippen LogP contribution in [0.1, 0.15) is 6.42 Å². The Morgan fingerprint density at radius 2 is 1.92 bits per heavy atom. The van der Waals surface area contributed by atoms with Gasteiger partial charge in [0, 0.05) is 0 Å². The van der Waals surface area contributed by atoms with Crippen molar-refractivity contribution in [2.75, 3.05) is 0 Å². The summed E-state index contributed by atoms with van der Waals surface area (Å²) in [6.45, 7) is 6.86. The highest BCUT2D eigenvalue weighted by Gasteiger charge is 2.23. The quantitative estimate of drug-likeness (QED) is 0.454. The zero-order valence-electron chi connectivity index (χ0n) is 6.50. The van der Waals surface area contributed by atoms with Crippen molar-refractivity contribution in [1.29, 1.82) is 0 Å². The molecule has 12 heavy (non-hydrogen) atoms. The molecule has 1 heterocycles. The second-order valence-corrected chi connectivity index (χ2v) is 2.26. The summed E-state index contributed by atoms with van der Waals surface area (Å²) in [7, 11) is 0. The smallest absolute Gasteiger partial charge is 0.319 e. The van der Waals surface area contributed by atoms with Crippen LogP contribution in [0.5, 0.6) is 0 Å². The largest absolute Gasteiger partial charge is 0.425 e. The third-order valence-electron chi connectivity index (χ3n) is 1.48. The number of esters is 1. The van der Waals surface area contributed by atoms with Crippen molar-refractivity contribution < 1.29 is 14.3 Å². The van der Waals surface area contributed by atoms with Gasteiger partial charge in [0.05, 0.1) is 5.57 Å². The number of cyclic esters (lactones) is 1. The van der Waals surface area contributed by atoms with Crippen molar-refractivity contribution in [3.8, 4) is 0 Å². The van der Waals surface area contributed by atoms with E-state index >= 15 is 0 Å². The van der Waals surface area contributed by atoms with Crippen LogP contribution in [0.25, 0.3) is 0 Å². The van der Waals surface area contributed by atoms with Gasteiger partial charge in [0.15, 0.2) is 5.78 Å². The molecule has 62 valence electrons. The first kappa shape index (κ1) is 8.46. The van der Waals surface area contributed by atoms with E-state index < -0.39 is 5.97 Å². The first-order chi connectivity index (χ1) is 5.69. The normalized spacial score (nSPS) is 17.3. The SMILES string of the molecule is C=CC1=C(C=C)C(=O)CC(=O)O1. The van der Waals surface area contributed by atoms with Crippen LogP contribution in [0.15, 0.2) is 36.6 Å². The molecule has 0 bridgehead atoms. The summed E-state index contributed by atoms with van der Waals surface area (Å²) < 4.78 is 4.74. The lowest BCUT2D eigenvalue weighted by Crippen LogP contribution is -2.19. The van der Waals surface area contributed by atoms with Gasteiger partial charge < -0.3 is 4.74 Å². The van der Waals surface area contributed by atoms with Gasteiger partial charge >= 0.3 is 5.97 Å². The minimum atomic E-state index is -0.541. The number of rotatable bonds is 2. The minimum absolute atomic E-state index is 0.200. The molecule has 0 aromatic rings. The molecule has 0 atom stereocenters. The standard InChI is InChI=1S/C9H8O3/c1-3-6-7(10)5-9(11)12-8(6)4-2/h3-4H,1-2,5H2. The van der Waals surface area contributed by atoms with E-state index in [1.165, 1.54) is 12.2 Å². The summed E-state index contributed by atoms with van der Waals surface area (Å²) in [5.74, 6) is -0.608. The molecule has 0 aromatic heterocycles. The van der Waals surface area contributed by atoms with Crippen molar-refractivity contribution in [2.24, 2.45) is 0 Å². The third kappa shape index (κ3) is 1.34. The Morgan fingerprint density at radius 1 is 1.25 bits per heavy atom. The highest BCUT2D eigenvalue weighted by molar-refractivity contribution is 6.10. The van der Waals surface area contributed by atoms with Gasteiger partial charge in [0.1, 0.15) is 12.2 Å². The second kappa shape index (κ2) is 3.17. The maximum Gasteiger partial charge on any atom is 0.319 e. The van der Waals surface area contributed by atoms with Crippen LogP contribution in [-0.4, -0.2) is 11.8 Å². The summed E-state index contributed by atoms with van der Waals surface area (Å²) in [5, 5.41) is 0. The Morgan fingerprint density at radius 3 is 2.42 bits per heavy atom. The maximum atomic E-state index is 11.1. The number of ketones is 1. The van der Waals surface area contributed by atoms with E-state index in [1.54, 1.807) is 0 Å².